The van der Waals surface area contributed by atoms with Crippen LogP contribution in [0.2, 0.25) is 0 Å². The van der Waals surface area contributed by atoms with E-state index in [0.717, 1.165) is 12.1 Å². The first-order valence-corrected chi connectivity index (χ1v) is 6.83. The molecule has 0 aliphatic carbocycles. The van der Waals surface area contributed by atoms with Gasteiger partial charge in [-0.2, -0.15) is 13.2 Å². The van der Waals surface area contributed by atoms with Crippen molar-refractivity contribution in [3.05, 3.63) is 22.7 Å². The Morgan fingerprint density at radius 2 is 2.00 bits per heavy atom. The molecule has 18 heavy (non-hydrogen) atoms. The van der Waals surface area contributed by atoms with Crippen LogP contribution in [0.3, 0.4) is 0 Å². The summed E-state index contributed by atoms with van der Waals surface area (Å²) in [5.41, 5.74) is 0. The number of hydrogen-bond donors (Lipinski definition) is 1. The second kappa shape index (κ2) is 5.45. The highest BCUT2D eigenvalue weighted by Crippen LogP contribution is 2.27. The molecular weight excluding hydrogens is 339 g/mol. The molecule has 0 heterocycles. The standard InChI is InChI=1S/C9H9BrF3NO3S/c1-17-8-3-2-6(4-7(8)10)18(15,16)14-5-9(11,12)13/h2-4,14H,5H2,1H3. The molecule has 0 atom stereocenters. The van der Waals surface area contributed by atoms with E-state index in [0.29, 0.717) is 10.2 Å². The molecule has 0 amide bonds. The quantitative estimate of drug-likeness (QED) is 0.909. The highest BCUT2D eigenvalue weighted by Gasteiger charge is 2.30. The molecule has 1 rings (SSSR count). The number of alkyl halides is 3. The molecule has 9 heteroatoms. The molecule has 0 saturated heterocycles. The molecular formula is C9H9BrF3NO3S. The lowest BCUT2D eigenvalue weighted by Gasteiger charge is -2.10. The second-order valence-electron chi connectivity index (χ2n) is 3.24. The summed E-state index contributed by atoms with van der Waals surface area (Å²) in [6.45, 7) is -1.61. The summed E-state index contributed by atoms with van der Waals surface area (Å²) in [5.74, 6) is 0.379. The lowest BCUT2D eigenvalue weighted by Crippen LogP contribution is -2.33. The van der Waals surface area contributed by atoms with Gasteiger partial charge in [-0.1, -0.05) is 0 Å². The van der Waals surface area contributed by atoms with Crippen molar-refractivity contribution in [2.24, 2.45) is 0 Å². The van der Waals surface area contributed by atoms with Crippen LogP contribution < -0.4 is 9.46 Å². The van der Waals surface area contributed by atoms with Crippen LogP contribution in [0.4, 0.5) is 13.2 Å². The van der Waals surface area contributed by atoms with Crippen LogP contribution in [0.5, 0.6) is 5.75 Å². The van der Waals surface area contributed by atoms with Crippen molar-refractivity contribution in [1.82, 2.24) is 4.72 Å². The van der Waals surface area contributed by atoms with Gasteiger partial charge in [-0.3, -0.25) is 0 Å². The van der Waals surface area contributed by atoms with Gasteiger partial charge in [0.2, 0.25) is 10.0 Å². The van der Waals surface area contributed by atoms with Crippen molar-refractivity contribution in [1.29, 1.82) is 0 Å². The third-order valence-electron chi connectivity index (χ3n) is 1.90. The van der Waals surface area contributed by atoms with E-state index in [1.165, 1.54) is 17.9 Å². The van der Waals surface area contributed by atoms with Gasteiger partial charge in [-0.25, -0.2) is 13.1 Å². The molecule has 0 spiro atoms. The molecule has 0 bridgehead atoms. The van der Waals surface area contributed by atoms with E-state index >= 15 is 0 Å². The molecule has 102 valence electrons. The summed E-state index contributed by atoms with van der Waals surface area (Å²) in [7, 11) is -2.81. The molecule has 4 nitrogen and oxygen atoms in total. The Hall–Kier alpha value is -0.800. The molecule has 0 aromatic heterocycles. The van der Waals surface area contributed by atoms with Gasteiger partial charge in [0.25, 0.3) is 0 Å². The monoisotopic (exact) mass is 347 g/mol. The minimum atomic E-state index is -4.60. The Morgan fingerprint density at radius 3 is 2.44 bits per heavy atom. The zero-order chi connectivity index (χ0) is 14.0. The van der Waals surface area contributed by atoms with Crippen LogP contribution in [0.25, 0.3) is 0 Å². The summed E-state index contributed by atoms with van der Waals surface area (Å²) in [6.07, 6.45) is -4.60. The van der Waals surface area contributed by atoms with Crippen LogP contribution >= 0.6 is 15.9 Å². The summed E-state index contributed by atoms with van der Waals surface area (Å²) in [4.78, 5) is -0.278. The smallest absolute Gasteiger partial charge is 0.402 e. The first kappa shape index (κ1) is 15.3. The number of nitrogens with one attached hydrogen (secondary N) is 1. The van der Waals surface area contributed by atoms with E-state index in [1.54, 1.807) is 0 Å². The molecule has 1 N–H and O–H groups in total. The van der Waals surface area contributed by atoms with Gasteiger partial charge in [0.05, 0.1) is 16.5 Å². The topological polar surface area (TPSA) is 55.4 Å². The van der Waals surface area contributed by atoms with Gasteiger partial charge in [-0.15, -0.1) is 0 Å². The van der Waals surface area contributed by atoms with Crippen molar-refractivity contribution in [3.8, 4) is 5.75 Å². The molecule has 0 saturated carbocycles. The maximum absolute atomic E-state index is 11.9. The SMILES string of the molecule is COc1ccc(S(=O)(=O)NCC(F)(F)F)cc1Br. The molecule has 0 radical (unpaired) electrons. The van der Waals surface area contributed by atoms with Gasteiger partial charge in [0.1, 0.15) is 12.3 Å². The Bertz CT molecular complexity index is 530. The van der Waals surface area contributed by atoms with Crippen LogP contribution in [0.1, 0.15) is 0 Å². The van der Waals surface area contributed by atoms with E-state index in [1.807, 2.05) is 0 Å². The number of rotatable bonds is 4. The normalized spacial score (nSPS) is 12.5. The third-order valence-corrected chi connectivity index (χ3v) is 3.91. The van der Waals surface area contributed by atoms with E-state index in [9.17, 15) is 21.6 Å². The van der Waals surface area contributed by atoms with Gasteiger partial charge < -0.3 is 4.74 Å². The number of methoxy groups -OCH3 is 1. The highest BCUT2D eigenvalue weighted by atomic mass is 79.9. The Morgan fingerprint density at radius 1 is 1.39 bits per heavy atom. The summed E-state index contributed by atoms with van der Waals surface area (Å²) >= 11 is 3.05. The van der Waals surface area contributed by atoms with Crippen LogP contribution in [0, 0.1) is 0 Å². The van der Waals surface area contributed by atoms with Gasteiger partial charge in [0, 0.05) is 0 Å². The first-order chi connectivity index (χ1) is 8.15. The minimum absolute atomic E-state index is 0.278. The minimum Gasteiger partial charge on any atom is -0.496 e. The second-order valence-corrected chi connectivity index (χ2v) is 5.86. The maximum Gasteiger partial charge on any atom is 0.402 e. The van der Waals surface area contributed by atoms with Crippen LogP contribution in [-0.2, 0) is 10.0 Å². The molecule has 1 aromatic rings. The largest absolute Gasteiger partial charge is 0.496 e. The van der Waals surface area contributed by atoms with E-state index in [2.05, 4.69) is 15.9 Å². The zero-order valence-corrected chi connectivity index (χ0v) is 11.5. The van der Waals surface area contributed by atoms with Crippen molar-refractivity contribution in [3.63, 3.8) is 0 Å². The first-order valence-electron chi connectivity index (χ1n) is 4.56. The molecule has 0 fully saturated rings. The number of hydrogen-bond acceptors (Lipinski definition) is 3. The van der Waals surface area contributed by atoms with Crippen LogP contribution in [-0.4, -0.2) is 28.2 Å². The molecule has 0 aliphatic rings. The van der Waals surface area contributed by atoms with E-state index in [4.69, 9.17) is 4.74 Å². The van der Waals surface area contributed by atoms with Crippen molar-refractivity contribution in [2.45, 2.75) is 11.1 Å². The van der Waals surface area contributed by atoms with E-state index in [-0.39, 0.29) is 4.90 Å². The Labute approximate surface area is 110 Å². The van der Waals surface area contributed by atoms with Gasteiger partial charge in [-0.05, 0) is 34.1 Å². The zero-order valence-electron chi connectivity index (χ0n) is 9.08. The van der Waals surface area contributed by atoms with Crippen LogP contribution in [0.15, 0.2) is 27.6 Å². The van der Waals surface area contributed by atoms with Crippen molar-refractivity contribution < 1.29 is 26.3 Å². The molecule has 0 unspecified atom stereocenters. The number of sulfonamides is 1. The Kier molecular flexibility index (Phi) is 4.62. The average molecular weight is 348 g/mol. The van der Waals surface area contributed by atoms with Gasteiger partial charge in [0.15, 0.2) is 0 Å². The fourth-order valence-corrected chi connectivity index (χ4v) is 2.81. The van der Waals surface area contributed by atoms with E-state index < -0.39 is 22.7 Å². The van der Waals surface area contributed by atoms with Crippen molar-refractivity contribution >= 4 is 26.0 Å². The molecule has 1 aromatic carbocycles. The lowest BCUT2D eigenvalue weighted by molar-refractivity contribution is -0.121. The predicted molar refractivity (Wildman–Crippen MR) is 61.9 cm³/mol. The lowest BCUT2D eigenvalue weighted by atomic mass is 10.3. The summed E-state index contributed by atoms with van der Waals surface area (Å²) in [5, 5.41) is 0. The third kappa shape index (κ3) is 4.14. The molecule has 0 aliphatic heterocycles. The summed E-state index contributed by atoms with van der Waals surface area (Å²) in [6, 6.07) is 3.66. The fraction of sp³-hybridized carbons (Fsp3) is 0.333. The fourth-order valence-electron chi connectivity index (χ4n) is 1.07. The van der Waals surface area contributed by atoms with Crippen molar-refractivity contribution in [2.75, 3.05) is 13.7 Å². The summed E-state index contributed by atoms with van der Waals surface area (Å²) < 4.78 is 65.6. The highest BCUT2D eigenvalue weighted by molar-refractivity contribution is 9.10. The Balaban J connectivity index is 2.96. The number of benzene rings is 1. The maximum atomic E-state index is 11.9. The average Bonchev–Trinajstić information content (AvgIpc) is 2.25. The van der Waals surface area contributed by atoms with Gasteiger partial charge >= 0.3 is 6.18 Å². The number of halogens is 4. The number of ether oxygens (including phenoxy) is 1. The predicted octanol–water partition coefficient (Wildman–Crippen LogP) is 2.30.